The van der Waals surface area contributed by atoms with E-state index in [-0.39, 0.29) is 30.7 Å². The molecule has 4 heterocycles. The van der Waals surface area contributed by atoms with Crippen molar-refractivity contribution in [3.8, 4) is 0 Å². The second kappa shape index (κ2) is 17.6. The molecular weight excluding hydrogens is 841 g/mol. The number of esters is 2. The van der Waals surface area contributed by atoms with Crippen molar-refractivity contribution in [2.24, 2.45) is 17.8 Å². The standard InChI is InChI=1S/C40H60IN3O12/c1-21-16-38(6)33(23(3)40(51,56-38)24(4)34(48)55-37(41)39(7,50)32(47)25(5)43(8)18-21)54-36-31(46)30(14-22(2)53-36)44(9)19-28(45)20-52-35(49)27-15-26-12-10-11-13-29(26)42-17-27/h10-13,15,17,21-25,28,30-33,36-37,45-47,50-51H,14,16,18-20H2,1-9H3/t21-,22-,23-,24+,25-,28?,30?,31?,32-,33-,36+,37+,38+,39+,40?/m1/s1. The monoisotopic (exact) mass is 901 g/mol. The molecule has 56 heavy (non-hydrogen) atoms. The lowest BCUT2D eigenvalue weighted by Crippen LogP contribution is -2.58. The van der Waals surface area contributed by atoms with Crippen LogP contribution in [0.5, 0.6) is 0 Å². The van der Waals surface area contributed by atoms with Gasteiger partial charge in [0.25, 0.3) is 0 Å². The molecule has 0 saturated carbocycles. The maximum atomic E-state index is 13.6. The van der Waals surface area contributed by atoms with Crippen LogP contribution in [0.1, 0.15) is 71.7 Å². The van der Waals surface area contributed by atoms with E-state index in [2.05, 4.69) is 4.98 Å². The first-order chi connectivity index (χ1) is 26.1. The first kappa shape index (κ1) is 45.0. The number of ether oxygens (including phenoxy) is 5. The third-order valence-corrected chi connectivity index (χ3v) is 13.6. The number of benzene rings is 1. The minimum atomic E-state index is -2.08. The molecule has 15 nitrogen and oxygen atoms in total. The fraction of sp³-hybridized carbons (Fsp3) is 0.725. The predicted octanol–water partition coefficient (Wildman–Crippen LogP) is 2.46. The van der Waals surface area contributed by atoms with Gasteiger partial charge in [0.2, 0.25) is 0 Å². The van der Waals surface area contributed by atoms with Crippen molar-refractivity contribution < 1.29 is 58.8 Å². The Labute approximate surface area is 342 Å². The SMILES string of the molecule is C[C@H]1CN(C)[C@H](C)[C@@H](O)[C@](C)(O)[C@@H](I)OC(=O)[C@H](C)C2(O)O[C@@](C)(C1)[C@H](O[C@@H]1O[C@H](C)CC(N(C)CC(O)COC(=O)c3cnc4ccccc4c3)C1O)[C@H]2C. The lowest BCUT2D eigenvalue weighted by atomic mass is 9.80. The van der Waals surface area contributed by atoms with E-state index >= 15 is 0 Å². The Balaban J connectivity index is 1.30. The molecule has 5 N–H and O–H groups in total. The molecule has 0 aliphatic carbocycles. The van der Waals surface area contributed by atoms with E-state index in [4.69, 9.17) is 23.7 Å². The van der Waals surface area contributed by atoms with Crippen LogP contribution in [-0.2, 0) is 28.5 Å². The Morgan fingerprint density at radius 3 is 2.52 bits per heavy atom. The van der Waals surface area contributed by atoms with Gasteiger partial charge < -0.3 is 54.1 Å². The number of nitrogens with zero attached hydrogens (tertiary/aromatic N) is 3. The van der Waals surface area contributed by atoms with E-state index in [1.54, 1.807) is 54.5 Å². The summed E-state index contributed by atoms with van der Waals surface area (Å²) in [6.07, 6.45) is -3.78. The molecule has 1 aromatic carbocycles. The lowest BCUT2D eigenvalue weighted by molar-refractivity contribution is -0.287. The van der Waals surface area contributed by atoms with E-state index in [1.807, 2.05) is 57.0 Å². The molecule has 0 radical (unpaired) electrons. The van der Waals surface area contributed by atoms with Crippen molar-refractivity contribution in [1.29, 1.82) is 0 Å². The number of likely N-dealkylation sites (N-methyl/N-ethyl adjacent to an activating group) is 2. The molecule has 5 rings (SSSR count). The molecule has 3 fully saturated rings. The van der Waals surface area contributed by atoms with Crippen molar-refractivity contribution in [1.82, 2.24) is 14.8 Å². The number of halogens is 1. The molecule has 1 aromatic heterocycles. The minimum Gasteiger partial charge on any atom is -0.459 e. The van der Waals surface area contributed by atoms with Gasteiger partial charge in [-0.3, -0.25) is 14.7 Å². The number of hydrogen-bond donors (Lipinski definition) is 5. The van der Waals surface area contributed by atoms with Crippen molar-refractivity contribution in [2.45, 2.75) is 131 Å². The van der Waals surface area contributed by atoms with E-state index < -0.39 is 87.7 Å². The topological polar surface area (TPSA) is 201 Å². The van der Waals surface area contributed by atoms with Crippen LogP contribution >= 0.6 is 22.6 Å². The number of aliphatic hydroxyl groups excluding tert-OH is 3. The quantitative estimate of drug-likeness (QED) is 0.147. The van der Waals surface area contributed by atoms with Crippen LogP contribution < -0.4 is 0 Å². The Morgan fingerprint density at radius 2 is 1.82 bits per heavy atom. The average molecular weight is 902 g/mol. The fourth-order valence-corrected chi connectivity index (χ4v) is 9.24. The third-order valence-electron chi connectivity index (χ3n) is 12.1. The smallest absolute Gasteiger partial charge is 0.339 e. The molecule has 2 aromatic rings. The molecule has 2 bridgehead atoms. The van der Waals surface area contributed by atoms with Crippen LogP contribution in [0.15, 0.2) is 36.5 Å². The van der Waals surface area contributed by atoms with Gasteiger partial charge in [-0.25, -0.2) is 4.79 Å². The van der Waals surface area contributed by atoms with Crippen LogP contribution in [0, 0.1) is 17.8 Å². The van der Waals surface area contributed by atoms with Crippen LogP contribution in [0.4, 0.5) is 0 Å². The summed E-state index contributed by atoms with van der Waals surface area (Å²) in [5.41, 5.74) is -1.98. The molecule has 3 saturated heterocycles. The van der Waals surface area contributed by atoms with E-state index in [1.165, 1.54) is 20.0 Å². The summed E-state index contributed by atoms with van der Waals surface area (Å²) in [6, 6.07) is 8.04. The van der Waals surface area contributed by atoms with Crippen LogP contribution in [0.25, 0.3) is 10.9 Å². The summed E-state index contributed by atoms with van der Waals surface area (Å²) in [7, 11) is 3.58. The highest BCUT2D eigenvalue weighted by molar-refractivity contribution is 14.1. The molecule has 15 atom stereocenters. The number of fused-ring (bicyclic) bond motifs is 3. The van der Waals surface area contributed by atoms with Gasteiger partial charge >= 0.3 is 11.9 Å². The first-order valence-corrected chi connectivity index (χ1v) is 20.6. The predicted molar refractivity (Wildman–Crippen MR) is 213 cm³/mol. The van der Waals surface area contributed by atoms with Gasteiger partial charge in [-0.05, 0) is 102 Å². The summed E-state index contributed by atoms with van der Waals surface area (Å²) in [5, 5.41) is 58.2. The molecule has 3 aliphatic heterocycles. The van der Waals surface area contributed by atoms with Gasteiger partial charge in [0.1, 0.15) is 36.4 Å². The highest BCUT2D eigenvalue weighted by Crippen LogP contribution is 2.50. The Hall–Kier alpha value is -2.10. The largest absolute Gasteiger partial charge is 0.459 e. The second-order valence-corrected chi connectivity index (χ2v) is 18.0. The summed E-state index contributed by atoms with van der Waals surface area (Å²) < 4.78 is 29.3. The number of hydrogen-bond acceptors (Lipinski definition) is 15. The van der Waals surface area contributed by atoms with Gasteiger partial charge in [-0.1, -0.05) is 32.0 Å². The number of pyridine rings is 1. The van der Waals surface area contributed by atoms with Crippen LogP contribution in [0.3, 0.4) is 0 Å². The van der Waals surface area contributed by atoms with Gasteiger partial charge in [0, 0.05) is 42.7 Å². The van der Waals surface area contributed by atoms with Crippen LogP contribution in [-0.4, -0.2) is 156 Å². The van der Waals surface area contributed by atoms with E-state index in [0.29, 0.717) is 19.4 Å². The molecule has 4 unspecified atom stereocenters. The Kier molecular flexibility index (Phi) is 14.2. The molecule has 16 heteroatoms. The van der Waals surface area contributed by atoms with E-state index in [0.717, 1.165) is 10.9 Å². The fourth-order valence-electron chi connectivity index (χ4n) is 8.62. The number of rotatable bonds is 8. The number of alkyl halides is 1. The molecule has 3 aliphatic rings. The number of carbonyl (C=O) groups is 2. The number of aromatic nitrogens is 1. The highest BCUT2D eigenvalue weighted by atomic mass is 127. The average Bonchev–Trinajstić information content (AvgIpc) is 3.33. The van der Waals surface area contributed by atoms with Gasteiger partial charge in [-0.15, -0.1) is 0 Å². The Bertz CT molecular complexity index is 1690. The van der Waals surface area contributed by atoms with Gasteiger partial charge in [0.05, 0.1) is 28.9 Å². The van der Waals surface area contributed by atoms with Crippen molar-refractivity contribution in [2.75, 3.05) is 33.8 Å². The minimum absolute atomic E-state index is 0.0628. The number of para-hydroxylation sites is 1. The third kappa shape index (κ3) is 9.35. The zero-order valence-corrected chi connectivity index (χ0v) is 35.9. The highest BCUT2D eigenvalue weighted by Gasteiger charge is 2.64. The summed E-state index contributed by atoms with van der Waals surface area (Å²) in [4.78, 5) is 34.4. The zero-order chi connectivity index (χ0) is 41.5. The molecule has 314 valence electrons. The first-order valence-electron chi connectivity index (χ1n) is 19.4. The second-order valence-electron chi connectivity index (χ2n) is 16.9. The van der Waals surface area contributed by atoms with E-state index in [9.17, 15) is 35.1 Å². The summed E-state index contributed by atoms with van der Waals surface area (Å²) in [6.45, 7) is 12.3. The van der Waals surface area contributed by atoms with Crippen molar-refractivity contribution in [3.63, 3.8) is 0 Å². The number of carbonyl (C=O) groups excluding carboxylic acids is 2. The van der Waals surface area contributed by atoms with Gasteiger partial charge in [0.15, 0.2) is 16.2 Å². The van der Waals surface area contributed by atoms with Crippen molar-refractivity contribution in [3.05, 3.63) is 42.1 Å². The molecule has 0 amide bonds. The summed E-state index contributed by atoms with van der Waals surface area (Å²) in [5.74, 6) is -5.68. The van der Waals surface area contributed by atoms with Gasteiger partial charge in [-0.2, -0.15) is 0 Å². The number of aliphatic hydroxyl groups is 5. The number of cyclic esters (lactones) is 1. The summed E-state index contributed by atoms with van der Waals surface area (Å²) >= 11 is 1.78. The maximum absolute atomic E-state index is 13.6. The Morgan fingerprint density at radius 1 is 1.14 bits per heavy atom. The lowest BCUT2D eigenvalue weighted by Gasteiger charge is -2.45. The normalized spacial score (nSPS) is 40.9. The van der Waals surface area contributed by atoms with Crippen LogP contribution in [0.2, 0.25) is 0 Å². The molecule has 0 spiro atoms. The maximum Gasteiger partial charge on any atom is 0.339 e. The molecular formula is C40H60IN3O12. The van der Waals surface area contributed by atoms with Crippen molar-refractivity contribution >= 4 is 45.4 Å². The zero-order valence-electron chi connectivity index (χ0n) is 33.7.